The third-order valence-corrected chi connectivity index (χ3v) is 4.61. The number of nitrogen functional groups attached to an aromatic ring is 1. The van der Waals surface area contributed by atoms with Crippen LogP contribution in [0.25, 0.3) is 0 Å². The van der Waals surface area contributed by atoms with Gasteiger partial charge in [0.25, 0.3) is 11.5 Å². The Morgan fingerprint density at radius 1 is 1.30 bits per heavy atom. The molecule has 8 nitrogen and oxygen atoms in total. The number of aromatic nitrogens is 2. The maximum Gasteiger partial charge on any atom is 0.330 e. The molecule has 0 fully saturated rings. The molecule has 0 bridgehead atoms. The average molecular weight is 486 g/mol. The number of anilines is 2. The van der Waals surface area contributed by atoms with Crippen molar-refractivity contribution in [1.29, 1.82) is 0 Å². The number of benzene rings is 1. The maximum absolute atomic E-state index is 13.1. The Hall–Kier alpha value is -2.14. The highest BCUT2D eigenvalue weighted by Crippen LogP contribution is 2.20. The van der Waals surface area contributed by atoms with Gasteiger partial charge < -0.3 is 10.5 Å². The lowest BCUT2D eigenvalue weighted by molar-refractivity contribution is 0.0975. The van der Waals surface area contributed by atoms with Gasteiger partial charge in [-0.3, -0.25) is 24.0 Å². The fourth-order valence-electron chi connectivity index (χ4n) is 2.63. The van der Waals surface area contributed by atoms with Gasteiger partial charge in [-0.2, -0.15) is 0 Å². The molecule has 1 heterocycles. The molecule has 0 saturated heterocycles. The first-order valence-electron chi connectivity index (χ1n) is 8.45. The van der Waals surface area contributed by atoms with Crippen molar-refractivity contribution in [2.24, 2.45) is 5.92 Å². The lowest BCUT2D eigenvalue weighted by Gasteiger charge is -2.24. The van der Waals surface area contributed by atoms with Crippen molar-refractivity contribution >= 4 is 40.0 Å². The first kappa shape index (κ1) is 21.2. The lowest BCUT2D eigenvalue weighted by atomic mass is 10.2. The summed E-state index contributed by atoms with van der Waals surface area (Å²) in [5.74, 6) is -0.300. The van der Waals surface area contributed by atoms with Crippen LogP contribution in [0, 0.1) is 9.49 Å². The fourth-order valence-corrected chi connectivity index (χ4v) is 2.99. The van der Waals surface area contributed by atoms with Gasteiger partial charge in [0.15, 0.2) is 5.69 Å². The number of rotatable bonds is 7. The number of H-pyrrole nitrogens is 1. The molecule has 0 saturated carbocycles. The average Bonchev–Trinajstić information content (AvgIpc) is 2.61. The van der Waals surface area contributed by atoms with Crippen LogP contribution in [0.15, 0.2) is 33.9 Å². The molecule has 3 N–H and O–H groups in total. The number of amides is 1. The van der Waals surface area contributed by atoms with Crippen LogP contribution in [-0.4, -0.2) is 35.7 Å². The van der Waals surface area contributed by atoms with Crippen LogP contribution in [0.4, 0.5) is 11.5 Å². The quantitative estimate of drug-likeness (QED) is 0.579. The van der Waals surface area contributed by atoms with Crippen molar-refractivity contribution in [2.45, 2.75) is 20.4 Å². The molecule has 0 atom stereocenters. The minimum atomic E-state index is -0.701. The Bertz CT molecular complexity index is 918. The summed E-state index contributed by atoms with van der Waals surface area (Å²) in [5, 5.41) is 0. The van der Waals surface area contributed by atoms with Crippen molar-refractivity contribution in [3.63, 3.8) is 0 Å². The molecule has 146 valence electrons. The normalized spacial score (nSPS) is 11.0. The molecule has 9 heteroatoms. The zero-order chi connectivity index (χ0) is 20.1. The predicted octanol–water partition coefficient (Wildman–Crippen LogP) is 1.67. The third-order valence-electron chi connectivity index (χ3n) is 3.89. The number of carbonyl (C=O) groups excluding carboxylic acids is 1. The zero-order valence-electron chi connectivity index (χ0n) is 15.5. The molecule has 2 aromatic rings. The van der Waals surface area contributed by atoms with Gasteiger partial charge >= 0.3 is 5.69 Å². The number of carbonyl (C=O) groups is 1. The molecule has 0 unspecified atom stereocenters. The summed E-state index contributed by atoms with van der Waals surface area (Å²) in [7, 11) is 1.50. The fraction of sp³-hybridized carbons (Fsp3) is 0.389. The van der Waals surface area contributed by atoms with Gasteiger partial charge in [0.05, 0.1) is 6.61 Å². The van der Waals surface area contributed by atoms with Gasteiger partial charge in [-0.15, -0.1) is 0 Å². The van der Waals surface area contributed by atoms with E-state index in [0.29, 0.717) is 12.1 Å². The van der Waals surface area contributed by atoms with Gasteiger partial charge in [-0.05, 0) is 52.8 Å². The molecule has 0 aliphatic carbocycles. The first-order chi connectivity index (χ1) is 12.8. The van der Waals surface area contributed by atoms with Crippen molar-refractivity contribution in [2.75, 3.05) is 30.9 Å². The number of ether oxygens (including phenoxy) is 1. The summed E-state index contributed by atoms with van der Waals surface area (Å²) in [6, 6.07) is 6.96. The molecular formula is C18H23IN4O4. The Kier molecular flexibility index (Phi) is 7.19. The Balaban J connectivity index is 2.59. The van der Waals surface area contributed by atoms with E-state index in [9.17, 15) is 14.4 Å². The van der Waals surface area contributed by atoms with E-state index in [1.54, 1.807) is 24.3 Å². The molecule has 0 aliphatic rings. The summed E-state index contributed by atoms with van der Waals surface area (Å²) < 4.78 is 7.34. The largest absolute Gasteiger partial charge is 0.383 e. The standard InChI is InChI=1S/C18H23IN4O4/c1-11(2)10-23-15(20)14(16(24)21-18(23)26)22(8-9-27-3)17(25)12-4-6-13(19)7-5-12/h4-7,11H,8-10,20H2,1-3H3,(H,21,24,26). The number of nitrogens with two attached hydrogens (primary N) is 1. The van der Waals surface area contributed by atoms with Crippen LogP contribution < -0.4 is 21.9 Å². The van der Waals surface area contributed by atoms with Crippen LogP contribution in [0.5, 0.6) is 0 Å². The van der Waals surface area contributed by atoms with Gasteiger partial charge in [-0.1, -0.05) is 13.8 Å². The van der Waals surface area contributed by atoms with E-state index in [0.717, 1.165) is 3.57 Å². The highest BCUT2D eigenvalue weighted by molar-refractivity contribution is 14.1. The monoisotopic (exact) mass is 486 g/mol. The van der Waals surface area contributed by atoms with Crippen LogP contribution in [0.2, 0.25) is 0 Å². The molecule has 1 aromatic heterocycles. The van der Waals surface area contributed by atoms with Crippen molar-refractivity contribution in [3.8, 4) is 0 Å². The summed E-state index contributed by atoms with van der Waals surface area (Å²) in [6.07, 6.45) is 0. The number of aromatic amines is 1. The van der Waals surface area contributed by atoms with E-state index in [1.807, 2.05) is 13.8 Å². The van der Waals surface area contributed by atoms with Crippen molar-refractivity contribution in [3.05, 3.63) is 54.2 Å². The van der Waals surface area contributed by atoms with Crippen LogP contribution in [0.1, 0.15) is 24.2 Å². The van der Waals surface area contributed by atoms with E-state index in [-0.39, 0.29) is 30.6 Å². The second-order valence-electron chi connectivity index (χ2n) is 6.45. The van der Waals surface area contributed by atoms with Gasteiger partial charge in [0.1, 0.15) is 5.82 Å². The molecule has 0 spiro atoms. The third kappa shape index (κ3) is 4.98. The van der Waals surface area contributed by atoms with E-state index in [1.165, 1.54) is 16.6 Å². The zero-order valence-corrected chi connectivity index (χ0v) is 17.6. The molecule has 27 heavy (non-hydrogen) atoms. The number of nitrogens with zero attached hydrogens (tertiary/aromatic N) is 2. The van der Waals surface area contributed by atoms with Gasteiger partial charge in [-0.25, -0.2) is 4.79 Å². The summed E-state index contributed by atoms with van der Waals surface area (Å²) in [6.45, 7) is 4.50. The van der Waals surface area contributed by atoms with Crippen LogP contribution in [-0.2, 0) is 11.3 Å². The van der Waals surface area contributed by atoms with Gasteiger partial charge in [0, 0.05) is 29.3 Å². The molecule has 0 aliphatic heterocycles. The molecule has 2 rings (SSSR count). The van der Waals surface area contributed by atoms with Crippen LogP contribution >= 0.6 is 22.6 Å². The predicted molar refractivity (Wildman–Crippen MR) is 113 cm³/mol. The van der Waals surface area contributed by atoms with Gasteiger partial charge in [0.2, 0.25) is 0 Å². The van der Waals surface area contributed by atoms with E-state index in [4.69, 9.17) is 10.5 Å². The lowest BCUT2D eigenvalue weighted by Crippen LogP contribution is -2.42. The summed E-state index contributed by atoms with van der Waals surface area (Å²) in [4.78, 5) is 41.2. The summed E-state index contributed by atoms with van der Waals surface area (Å²) in [5.41, 5.74) is 5.22. The van der Waals surface area contributed by atoms with E-state index in [2.05, 4.69) is 27.6 Å². The highest BCUT2D eigenvalue weighted by atomic mass is 127. The number of halogens is 1. The smallest absolute Gasteiger partial charge is 0.330 e. The van der Waals surface area contributed by atoms with Crippen molar-refractivity contribution in [1.82, 2.24) is 9.55 Å². The summed E-state index contributed by atoms with van der Waals surface area (Å²) >= 11 is 2.14. The minimum absolute atomic E-state index is 0.0348. The van der Waals surface area contributed by atoms with E-state index >= 15 is 0 Å². The molecule has 0 radical (unpaired) electrons. The minimum Gasteiger partial charge on any atom is -0.383 e. The second kappa shape index (κ2) is 9.18. The maximum atomic E-state index is 13.1. The number of methoxy groups -OCH3 is 1. The Labute approximate surface area is 170 Å². The SMILES string of the molecule is COCCN(C(=O)c1ccc(I)cc1)c1c(N)n(CC(C)C)c(=O)[nH]c1=O. The Morgan fingerprint density at radius 2 is 1.93 bits per heavy atom. The Morgan fingerprint density at radius 3 is 2.48 bits per heavy atom. The molecule has 1 amide bonds. The first-order valence-corrected chi connectivity index (χ1v) is 9.53. The number of hydrogen-bond acceptors (Lipinski definition) is 5. The number of nitrogens with one attached hydrogen (secondary N) is 1. The van der Waals surface area contributed by atoms with Crippen molar-refractivity contribution < 1.29 is 9.53 Å². The molecular weight excluding hydrogens is 463 g/mol. The molecule has 1 aromatic carbocycles. The van der Waals surface area contributed by atoms with Crippen LogP contribution in [0.3, 0.4) is 0 Å². The second-order valence-corrected chi connectivity index (χ2v) is 7.70. The van der Waals surface area contributed by atoms with E-state index < -0.39 is 17.2 Å². The number of hydrogen-bond donors (Lipinski definition) is 2. The topological polar surface area (TPSA) is 110 Å². The highest BCUT2D eigenvalue weighted by Gasteiger charge is 2.25.